The van der Waals surface area contributed by atoms with Crippen LogP contribution in [0.1, 0.15) is 18.1 Å². The van der Waals surface area contributed by atoms with Gasteiger partial charge in [-0.3, -0.25) is 15.6 Å². The van der Waals surface area contributed by atoms with E-state index in [1.54, 1.807) is 0 Å². The Morgan fingerprint density at radius 3 is 2.50 bits per heavy atom. The number of hydrazine groups is 1. The molecule has 0 radical (unpaired) electrons. The number of para-hydroxylation sites is 1. The third kappa shape index (κ3) is 6.94. The normalized spacial score (nSPS) is 9.88. The molecule has 2 aromatic carbocycles. The van der Waals surface area contributed by atoms with E-state index in [1.165, 1.54) is 5.56 Å². The van der Waals surface area contributed by atoms with Crippen LogP contribution in [0.5, 0.6) is 5.75 Å². The molecule has 6 heteroatoms. The lowest BCUT2D eigenvalue weighted by molar-refractivity contribution is -0.123. The molecule has 0 aromatic heterocycles. The second kappa shape index (κ2) is 10.2. The van der Waals surface area contributed by atoms with E-state index in [4.69, 9.17) is 17.0 Å². The van der Waals surface area contributed by atoms with Gasteiger partial charge in [-0.25, -0.2) is 0 Å². The maximum absolute atomic E-state index is 11.9. The molecular weight excluding hydrogens is 346 g/mol. The number of carbonyl (C=O) groups is 1. The summed E-state index contributed by atoms with van der Waals surface area (Å²) in [4.78, 5) is 11.9. The van der Waals surface area contributed by atoms with Gasteiger partial charge in [-0.15, -0.1) is 0 Å². The van der Waals surface area contributed by atoms with Crippen molar-refractivity contribution < 1.29 is 9.53 Å². The molecule has 2 aromatic rings. The predicted octanol–water partition coefficient (Wildman–Crippen LogP) is 2.73. The molecule has 2 rings (SSSR count). The van der Waals surface area contributed by atoms with Gasteiger partial charge < -0.3 is 10.1 Å². The van der Waals surface area contributed by atoms with E-state index in [9.17, 15) is 4.79 Å². The molecule has 0 saturated carbocycles. The Hall–Kier alpha value is -2.86. The molecule has 0 bridgehead atoms. The summed E-state index contributed by atoms with van der Waals surface area (Å²) in [5, 5.41) is 3.24. The van der Waals surface area contributed by atoms with Crippen molar-refractivity contribution >= 4 is 23.2 Å². The Bertz CT molecular complexity index is 763. The van der Waals surface area contributed by atoms with Gasteiger partial charge in [-0.2, -0.15) is 0 Å². The number of nitrogens with one attached hydrogen (secondary N) is 3. The van der Waals surface area contributed by atoms with Crippen LogP contribution in [0.4, 0.5) is 0 Å². The van der Waals surface area contributed by atoms with E-state index in [0.717, 1.165) is 17.6 Å². The summed E-state index contributed by atoms with van der Waals surface area (Å²) in [7, 11) is 0. The number of rotatable bonds is 7. The van der Waals surface area contributed by atoms with Crippen LogP contribution in [-0.2, 0) is 11.2 Å². The summed E-state index contributed by atoms with van der Waals surface area (Å²) in [6.45, 7) is 6.09. The van der Waals surface area contributed by atoms with Crippen molar-refractivity contribution in [2.75, 3.05) is 13.2 Å². The first-order valence-electron chi connectivity index (χ1n) is 8.26. The minimum Gasteiger partial charge on any atom is -0.483 e. The summed E-state index contributed by atoms with van der Waals surface area (Å²) < 4.78 is 5.67. The van der Waals surface area contributed by atoms with Gasteiger partial charge in [0.05, 0.1) is 0 Å². The van der Waals surface area contributed by atoms with Crippen molar-refractivity contribution in [3.05, 3.63) is 77.9 Å². The monoisotopic (exact) mass is 369 g/mol. The van der Waals surface area contributed by atoms with Gasteiger partial charge in [0, 0.05) is 13.0 Å². The summed E-state index contributed by atoms with van der Waals surface area (Å²) >= 11 is 5.04. The maximum atomic E-state index is 11.9. The van der Waals surface area contributed by atoms with Crippen LogP contribution < -0.4 is 20.9 Å². The Morgan fingerprint density at radius 1 is 1.08 bits per heavy atom. The second-order valence-corrected chi connectivity index (χ2v) is 6.28. The molecule has 5 nitrogen and oxygen atoms in total. The van der Waals surface area contributed by atoms with Crippen LogP contribution in [0.2, 0.25) is 0 Å². The minimum atomic E-state index is -0.320. The first-order valence-corrected chi connectivity index (χ1v) is 8.67. The third-order valence-electron chi connectivity index (χ3n) is 3.43. The molecule has 136 valence electrons. The largest absolute Gasteiger partial charge is 0.483 e. The van der Waals surface area contributed by atoms with E-state index in [-0.39, 0.29) is 12.5 Å². The average molecular weight is 369 g/mol. The highest BCUT2D eigenvalue weighted by Gasteiger charge is 2.07. The van der Waals surface area contributed by atoms with Gasteiger partial charge in [0.1, 0.15) is 5.75 Å². The molecule has 26 heavy (non-hydrogen) atoms. The smallest absolute Gasteiger partial charge is 0.276 e. The van der Waals surface area contributed by atoms with E-state index >= 15 is 0 Å². The average Bonchev–Trinajstić information content (AvgIpc) is 2.64. The van der Waals surface area contributed by atoms with Crippen molar-refractivity contribution in [2.45, 2.75) is 13.3 Å². The third-order valence-corrected chi connectivity index (χ3v) is 3.68. The fraction of sp³-hybridized carbons (Fsp3) is 0.200. The Kier molecular flexibility index (Phi) is 7.64. The zero-order valence-electron chi connectivity index (χ0n) is 14.7. The fourth-order valence-corrected chi connectivity index (χ4v) is 2.31. The minimum absolute atomic E-state index is 0.109. The van der Waals surface area contributed by atoms with Crippen molar-refractivity contribution in [2.24, 2.45) is 0 Å². The van der Waals surface area contributed by atoms with E-state index in [1.807, 2.05) is 49.4 Å². The zero-order chi connectivity index (χ0) is 18.8. The van der Waals surface area contributed by atoms with Gasteiger partial charge >= 0.3 is 0 Å². The SMILES string of the molecule is C=C(C)CNC(=S)NNC(=O)COc1ccccc1Cc1ccccc1. The number of hydrogen-bond acceptors (Lipinski definition) is 3. The topological polar surface area (TPSA) is 62.4 Å². The lowest BCUT2D eigenvalue weighted by Crippen LogP contribution is -2.48. The van der Waals surface area contributed by atoms with Crippen LogP contribution in [0.3, 0.4) is 0 Å². The van der Waals surface area contributed by atoms with Crippen molar-refractivity contribution in [1.82, 2.24) is 16.2 Å². The lowest BCUT2D eigenvalue weighted by Gasteiger charge is -2.13. The molecule has 1 amide bonds. The van der Waals surface area contributed by atoms with Crippen LogP contribution in [-0.4, -0.2) is 24.2 Å². The zero-order valence-corrected chi connectivity index (χ0v) is 15.6. The number of amides is 1. The highest BCUT2D eigenvalue weighted by molar-refractivity contribution is 7.80. The summed E-state index contributed by atoms with van der Waals surface area (Å²) in [5.41, 5.74) is 8.28. The molecule has 0 spiro atoms. The van der Waals surface area contributed by atoms with Gasteiger partial charge in [0.15, 0.2) is 11.7 Å². The van der Waals surface area contributed by atoms with Gasteiger partial charge in [-0.1, -0.05) is 60.7 Å². The predicted molar refractivity (Wildman–Crippen MR) is 108 cm³/mol. The van der Waals surface area contributed by atoms with Gasteiger partial charge in [0.2, 0.25) is 0 Å². The molecule has 0 aliphatic carbocycles. The van der Waals surface area contributed by atoms with E-state index in [2.05, 4.69) is 34.9 Å². The van der Waals surface area contributed by atoms with Gasteiger partial charge in [-0.05, 0) is 36.3 Å². The van der Waals surface area contributed by atoms with Crippen LogP contribution in [0.15, 0.2) is 66.7 Å². The van der Waals surface area contributed by atoms with E-state index < -0.39 is 0 Å². The highest BCUT2D eigenvalue weighted by atomic mass is 32.1. The van der Waals surface area contributed by atoms with Gasteiger partial charge in [0.25, 0.3) is 5.91 Å². The molecule has 0 aliphatic rings. The Balaban J connectivity index is 1.82. The Labute approximate surface area is 159 Å². The van der Waals surface area contributed by atoms with Crippen LogP contribution in [0.25, 0.3) is 0 Å². The first kappa shape index (κ1) is 19.5. The fourth-order valence-electron chi connectivity index (χ4n) is 2.19. The standard InChI is InChI=1S/C20H23N3O2S/c1-15(2)13-21-20(26)23-22-19(24)14-25-18-11-7-6-10-17(18)12-16-8-4-3-5-9-16/h3-11H,1,12-14H2,2H3,(H,22,24)(H2,21,23,26). The van der Waals surface area contributed by atoms with Crippen molar-refractivity contribution in [1.29, 1.82) is 0 Å². The molecular formula is C20H23N3O2S. The number of ether oxygens (including phenoxy) is 1. The maximum Gasteiger partial charge on any atom is 0.276 e. The molecule has 3 N–H and O–H groups in total. The second-order valence-electron chi connectivity index (χ2n) is 5.87. The Morgan fingerprint density at radius 2 is 1.77 bits per heavy atom. The number of hydrogen-bond donors (Lipinski definition) is 3. The van der Waals surface area contributed by atoms with E-state index in [0.29, 0.717) is 17.4 Å². The van der Waals surface area contributed by atoms with Crippen molar-refractivity contribution in [3.63, 3.8) is 0 Å². The summed E-state index contributed by atoms with van der Waals surface area (Å²) in [5.74, 6) is 0.369. The molecule has 0 atom stereocenters. The molecule has 0 aliphatic heterocycles. The molecule has 0 heterocycles. The lowest BCUT2D eigenvalue weighted by atomic mass is 10.0. The quantitative estimate of drug-likeness (QED) is 0.398. The summed E-state index contributed by atoms with van der Waals surface area (Å²) in [6, 6.07) is 17.8. The molecule has 0 saturated heterocycles. The van der Waals surface area contributed by atoms with Crippen molar-refractivity contribution in [3.8, 4) is 5.75 Å². The highest BCUT2D eigenvalue weighted by Crippen LogP contribution is 2.21. The molecule has 0 fully saturated rings. The number of benzene rings is 2. The molecule has 0 unspecified atom stereocenters. The number of thiocarbonyl (C=S) groups is 1. The summed E-state index contributed by atoms with van der Waals surface area (Å²) in [6.07, 6.45) is 0.742. The van der Waals surface area contributed by atoms with Crippen LogP contribution in [0, 0.1) is 0 Å². The first-order chi connectivity index (χ1) is 12.5. The van der Waals surface area contributed by atoms with Crippen LogP contribution >= 0.6 is 12.2 Å². The number of carbonyl (C=O) groups excluding carboxylic acids is 1.